The van der Waals surface area contributed by atoms with Crippen molar-refractivity contribution >= 4 is 32.7 Å². The van der Waals surface area contributed by atoms with Gasteiger partial charge >= 0.3 is 5.97 Å². The summed E-state index contributed by atoms with van der Waals surface area (Å²) in [6.45, 7) is 2.19. The molecule has 1 aliphatic rings. The van der Waals surface area contributed by atoms with Crippen molar-refractivity contribution in [2.75, 3.05) is 26.8 Å². The van der Waals surface area contributed by atoms with Crippen LogP contribution in [-0.4, -0.2) is 56.3 Å². The average molecular weight is 485 g/mol. The third kappa shape index (κ3) is 4.71. The van der Waals surface area contributed by atoms with E-state index in [0.29, 0.717) is 24.3 Å². The molecule has 4 rings (SSSR count). The van der Waals surface area contributed by atoms with Gasteiger partial charge in [0.05, 0.1) is 12.7 Å². The number of carbonyl (C=O) groups excluding carboxylic acids is 2. The number of aryl methyl sites for hydroxylation is 1. The van der Waals surface area contributed by atoms with Gasteiger partial charge in [-0.15, -0.1) is 0 Å². The Labute approximate surface area is 198 Å². The first-order chi connectivity index (χ1) is 16.3. The number of sulfonamides is 1. The van der Waals surface area contributed by atoms with E-state index in [1.165, 1.54) is 29.6 Å². The number of H-pyrrole nitrogens is 1. The van der Waals surface area contributed by atoms with Gasteiger partial charge in [-0.25, -0.2) is 13.2 Å². The summed E-state index contributed by atoms with van der Waals surface area (Å²) in [6.07, 6.45) is 3.55. The molecular weight excluding hydrogens is 456 g/mol. The van der Waals surface area contributed by atoms with E-state index in [2.05, 4.69) is 4.98 Å². The topological polar surface area (TPSA) is 106 Å². The monoisotopic (exact) mass is 484 g/mol. The van der Waals surface area contributed by atoms with E-state index in [4.69, 9.17) is 9.47 Å². The number of fused-ring (bicyclic) bond motifs is 1. The summed E-state index contributed by atoms with van der Waals surface area (Å²) in [4.78, 5) is 28.6. The standard InChI is InChI=1S/C25H28N2O6S/c1-17-24(19-9-5-6-10-20(19)26-17)21(28)16-33-25(29)18-11-12-22(32-2)23(15-18)34(30,31)27-13-7-3-4-8-14-27/h5-6,9-12,15,26H,3-4,7-8,13-14,16H2,1-2H3. The van der Waals surface area contributed by atoms with E-state index in [0.717, 1.165) is 36.6 Å². The minimum atomic E-state index is -3.85. The molecule has 9 heteroatoms. The quantitative estimate of drug-likeness (QED) is 0.400. The fourth-order valence-electron chi connectivity index (χ4n) is 4.35. The van der Waals surface area contributed by atoms with E-state index in [9.17, 15) is 18.0 Å². The fraction of sp³-hybridized carbons (Fsp3) is 0.360. The van der Waals surface area contributed by atoms with Gasteiger partial charge < -0.3 is 14.5 Å². The second kappa shape index (κ2) is 9.99. The van der Waals surface area contributed by atoms with Gasteiger partial charge in [0.2, 0.25) is 15.8 Å². The molecule has 2 heterocycles. The predicted molar refractivity (Wildman–Crippen MR) is 128 cm³/mol. The number of nitrogens with one attached hydrogen (secondary N) is 1. The largest absolute Gasteiger partial charge is 0.495 e. The molecule has 3 aromatic rings. The molecule has 1 fully saturated rings. The molecule has 1 saturated heterocycles. The van der Waals surface area contributed by atoms with Gasteiger partial charge in [-0.3, -0.25) is 4.79 Å². The molecule has 0 bridgehead atoms. The number of methoxy groups -OCH3 is 1. The first kappa shape index (κ1) is 24.0. The maximum Gasteiger partial charge on any atom is 0.338 e. The zero-order valence-corrected chi connectivity index (χ0v) is 20.1. The van der Waals surface area contributed by atoms with Crippen molar-refractivity contribution in [3.05, 3.63) is 59.3 Å². The van der Waals surface area contributed by atoms with Crippen molar-refractivity contribution in [2.24, 2.45) is 0 Å². The van der Waals surface area contributed by atoms with Gasteiger partial charge in [0.1, 0.15) is 10.6 Å². The Morgan fingerprint density at radius 2 is 1.74 bits per heavy atom. The van der Waals surface area contributed by atoms with Crippen molar-refractivity contribution in [1.82, 2.24) is 9.29 Å². The van der Waals surface area contributed by atoms with E-state index in [1.54, 1.807) is 6.92 Å². The second-order valence-electron chi connectivity index (χ2n) is 8.35. The van der Waals surface area contributed by atoms with Crippen LogP contribution in [0.2, 0.25) is 0 Å². The number of carbonyl (C=O) groups is 2. The van der Waals surface area contributed by atoms with Crippen molar-refractivity contribution < 1.29 is 27.5 Å². The molecule has 1 N–H and O–H groups in total. The Bertz CT molecular complexity index is 1320. The van der Waals surface area contributed by atoms with Crippen LogP contribution in [0, 0.1) is 6.92 Å². The molecule has 0 unspecified atom stereocenters. The van der Waals surface area contributed by atoms with E-state index in [1.807, 2.05) is 24.3 Å². The number of hydrogen-bond acceptors (Lipinski definition) is 6. The zero-order valence-electron chi connectivity index (χ0n) is 19.3. The third-order valence-corrected chi connectivity index (χ3v) is 8.01. The van der Waals surface area contributed by atoms with Crippen LogP contribution >= 0.6 is 0 Å². The number of Topliss-reactive ketones (excluding diaryl/α,β-unsaturated/α-hetero) is 1. The minimum Gasteiger partial charge on any atom is -0.495 e. The number of hydrogen-bond donors (Lipinski definition) is 1. The van der Waals surface area contributed by atoms with Gasteiger partial charge in [0, 0.05) is 35.2 Å². The van der Waals surface area contributed by atoms with Crippen molar-refractivity contribution in [3.8, 4) is 5.75 Å². The van der Waals surface area contributed by atoms with Crippen LogP contribution in [0.5, 0.6) is 5.75 Å². The molecule has 8 nitrogen and oxygen atoms in total. The number of esters is 1. The van der Waals surface area contributed by atoms with Gasteiger partial charge in [-0.05, 0) is 44.0 Å². The van der Waals surface area contributed by atoms with E-state index >= 15 is 0 Å². The van der Waals surface area contributed by atoms with Gasteiger partial charge in [-0.1, -0.05) is 31.0 Å². The highest BCUT2D eigenvalue weighted by atomic mass is 32.2. The highest BCUT2D eigenvalue weighted by molar-refractivity contribution is 7.89. The van der Waals surface area contributed by atoms with E-state index < -0.39 is 22.6 Å². The van der Waals surface area contributed by atoms with Crippen molar-refractivity contribution in [3.63, 3.8) is 0 Å². The van der Waals surface area contributed by atoms with E-state index in [-0.39, 0.29) is 22.0 Å². The predicted octanol–water partition coefficient (Wildman–Crippen LogP) is 4.09. The van der Waals surface area contributed by atoms with Crippen LogP contribution < -0.4 is 4.74 Å². The molecule has 1 aromatic heterocycles. The number of ketones is 1. The lowest BCUT2D eigenvalue weighted by atomic mass is 10.1. The van der Waals surface area contributed by atoms with Gasteiger partial charge in [0.25, 0.3) is 0 Å². The molecule has 2 aromatic carbocycles. The van der Waals surface area contributed by atoms with Gasteiger partial charge in [0.15, 0.2) is 6.61 Å². The lowest BCUT2D eigenvalue weighted by molar-refractivity contribution is 0.0474. The maximum atomic E-state index is 13.3. The number of para-hydroxylation sites is 1. The summed E-state index contributed by atoms with van der Waals surface area (Å²) in [5.41, 5.74) is 2.03. The van der Waals surface area contributed by atoms with Crippen LogP contribution in [0.3, 0.4) is 0 Å². The van der Waals surface area contributed by atoms with Gasteiger partial charge in [-0.2, -0.15) is 4.31 Å². The molecule has 0 amide bonds. The molecule has 0 saturated carbocycles. The molecule has 1 aliphatic heterocycles. The molecule has 34 heavy (non-hydrogen) atoms. The summed E-state index contributed by atoms with van der Waals surface area (Å²) in [6, 6.07) is 11.5. The second-order valence-corrected chi connectivity index (χ2v) is 10.3. The normalized spacial score (nSPS) is 15.1. The first-order valence-corrected chi connectivity index (χ1v) is 12.7. The Morgan fingerprint density at radius 1 is 1.03 bits per heavy atom. The number of aromatic amines is 1. The number of nitrogens with zero attached hydrogens (tertiary/aromatic N) is 1. The molecule has 0 spiro atoms. The Hall–Kier alpha value is -3.17. The lowest BCUT2D eigenvalue weighted by Gasteiger charge is -2.21. The number of benzene rings is 2. The van der Waals surface area contributed by atoms with Crippen LogP contribution in [0.25, 0.3) is 10.9 Å². The molecule has 0 atom stereocenters. The third-order valence-electron chi connectivity index (χ3n) is 6.09. The summed E-state index contributed by atoms with van der Waals surface area (Å²) < 4.78 is 38.6. The SMILES string of the molecule is COc1ccc(C(=O)OCC(=O)c2c(C)[nH]c3ccccc23)cc1S(=O)(=O)N1CCCCCC1. The van der Waals surface area contributed by atoms with Crippen molar-refractivity contribution in [2.45, 2.75) is 37.5 Å². The van der Waals surface area contributed by atoms with Crippen LogP contribution in [0.15, 0.2) is 47.4 Å². The number of ether oxygens (including phenoxy) is 2. The Balaban J connectivity index is 1.54. The summed E-state index contributed by atoms with van der Waals surface area (Å²) in [7, 11) is -2.47. The zero-order chi connectivity index (χ0) is 24.3. The van der Waals surface area contributed by atoms with Crippen molar-refractivity contribution in [1.29, 1.82) is 0 Å². The highest BCUT2D eigenvalue weighted by Gasteiger charge is 2.29. The van der Waals surface area contributed by atoms with Crippen LogP contribution in [0.4, 0.5) is 0 Å². The summed E-state index contributed by atoms with van der Waals surface area (Å²) >= 11 is 0. The lowest BCUT2D eigenvalue weighted by Crippen LogP contribution is -2.32. The molecule has 0 aliphatic carbocycles. The number of rotatable bonds is 7. The average Bonchev–Trinajstić information content (AvgIpc) is 2.99. The summed E-state index contributed by atoms with van der Waals surface area (Å²) in [5.74, 6) is -0.957. The highest BCUT2D eigenvalue weighted by Crippen LogP contribution is 2.30. The van der Waals surface area contributed by atoms with Crippen LogP contribution in [0.1, 0.15) is 52.1 Å². The first-order valence-electron chi connectivity index (χ1n) is 11.3. The maximum absolute atomic E-state index is 13.3. The minimum absolute atomic E-state index is 0.0395. The smallest absolute Gasteiger partial charge is 0.338 e. The number of aromatic nitrogens is 1. The molecule has 180 valence electrons. The Kier molecular flexibility index (Phi) is 7.04. The summed E-state index contributed by atoms with van der Waals surface area (Å²) in [5, 5.41) is 0.760. The van der Waals surface area contributed by atoms with Crippen LogP contribution in [-0.2, 0) is 14.8 Å². The fourth-order valence-corrected chi connectivity index (χ4v) is 6.05. The Morgan fingerprint density at radius 3 is 2.44 bits per heavy atom. The molecular formula is C25H28N2O6S. The molecule has 0 radical (unpaired) electrons.